The Kier molecular flexibility index (Phi) is 5.54. The summed E-state index contributed by atoms with van der Waals surface area (Å²) in [5.41, 5.74) is 3.15. The van der Waals surface area contributed by atoms with Gasteiger partial charge in [0.1, 0.15) is 0 Å². The highest BCUT2D eigenvalue weighted by molar-refractivity contribution is 5.96. The predicted octanol–water partition coefficient (Wildman–Crippen LogP) is 2.87. The number of amides is 1. The summed E-state index contributed by atoms with van der Waals surface area (Å²) >= 11 is 0. The van der Waals surface area contributed by atoms with Gasteiger partial charge >= 0.3 is 0 Å². The first kappa shape index (κ1) is 18.5. The molecule has 0 saturated carbocycles. The number of nitrogens with zero attached hydrogens (tertiary/aromatic N) is 3. The lowest BCUT2D eigenvalue weighted by Crippen LogP contribution is -2.47. The molecule has 1 amide bonds. The molecule has 0 spiro atoms. The lowest BCUT2D eigenvalue weighted by Gasteiger charge is -2.34. The topological polar surface area (TPSA) is 37.7 Å². The first-order chi connectivity index (χ1) is 11.9. The number of carbonyl (C=O) groups is 1. The van der Waals surface area contributed by atoms with E-state index in [2.05, 4.69) is 55.1 Å². The maximum absolute atomic E-state index is 13.2. The molecule has 2 aliphatic heterocycles. The molecule has 25 heavy (non-hydrogen) atoms. The van der Waals surface area contributed by atoms with Crippen LogP contribution < -0.4 is 0 Å². The van der Waals surface area contributed by atoms with E-state index in [1.165, 1.54) is 5.69 Å². The smallest absolute Gasteiger partial charge is 0.255 e. The molecule has 2 fully saturated rings. The van der Waals surface area contributed by atoms with Crippen LogP contribution in [-0.2, 0) is 4.74 Å². The summed E-state index contributed by atoms with van der Waals surface area (Å²) in [5.74, 6) is 0.768. The van der Waals surface area contributed by atoms with Crippen molar-refractivity contribution in [2.75, 3.05) is 39.4 Å². The molecule has 0 N–H and O–H groups in total. The Morgan fingerprint density at radius 3 is 2.48 bits per heavy atom. The van der Waals surface area contributed by atoms with Crippen molar-refractivity contribution in [1.82, 2.24) is 14.4 Å². The van der Waals surface area contributed by atoms with Gasteiger partial charge in [-0.3, -0.25) is 9.69 Å². The second kappa shape index (κ2) is 7.50. The van der Waals surface area contributed by atoms with E-state index >= 15 is 0 Å². The molecule has 5 heteroatoms. The Bertz CT molecular complexity index is 617. The second-order valence-electron chi connectivity index (χ2n) is 7.84. The number of rotatable bonds is 4. The van der Waals surface area contributed by atoms with Gasteiger partial charge < -0.3 is 14.2 Å². The number of aromatic nitrogens is 1. The van der Waals surface area contributed by atoms with Crippen LogP contribution in [0.3, 0.4) is 0 Å². The SMILES string of the molecule is CC[C@H]1CN(C(=O)c2cc(C)n(C(C)C)c2C)C[C@@H]1N1CCOCC1. The lowest BCUT2D eigenvalue weighted by molar-refractivity contribution is 0.0103. The fourth-order valence-electron chi connectivity index (χ4n) is 4.70. The van der Waals surface area contributed by atoms with Crippen LogP contribution in [0.15, 0.2) is 6.07 Å². The van der Waals surface area contributed by atoms with Crippen molar-refractivity contribution in [3.63, 3.8) is 0 Å². The molecule has 0 unspecified atom stereocenters. The molecule has 3 rings (SSSR count). The van der Waals surface area contributed by atoms with E-state index < -0.39 is 0 Å². The minimum Gasteiger partial charge on any atom is -0.379 e. The van der Waals surface area contributed by atoms with Crippen LogP contribution in [0.25, 0.3) is 0 Å². The second-order valence-corrected chi connectivity index (χ2v) is 7.84. The van der Waals surface area contributed by atoms with E-state index in [9.17, 15) is 4.79 Å². The number of aryl methyl sites for hydroxylation is 1. The number of hydrogen-bond acceptors (Lipinski definition) is 3. The molecule has 1 aromatic rings. The summed E-state index contributed by atoms with van der Waals surface area (Å²) in [6.07, 6.45) is 1.12. The molecule has 0 radical (unpaired) electrons. The van der Waals surface area contributed by atoms with E-state index in [4.69, 9.17) is 4.74 Å². The summed E-state index contributed by atoms with van der Waals surface area (Å²) in [4.78, 5) is 17.8. The van der Waals surface area contributed by atoms with Gasteiger partial charge in [0.25, 0.3) is 5.91 Å². The summed E-state index contributed by atoms with van der Waals surface area (Å²) in [6, 6.07) is 2.93. The fraction of sp³-hybridized carbons (Fsp3) is 0.750. The van der Waals surface area contributed by atoms with Gasteiger partial charge in [-0.15, -0.1) is 0 Å². The van der Waals surface area contributed by atoms with Crippen molar-refractivity contribution in [2.24, 2.45) is 5.92 Å². The highest BCUT2D eigenvalue weighted by Crippen LogP contribution is 2.29. The van der Waals surface area contributed by atoms with Crippen LogP contribution in [-0.4, -0.2) is 65.7 Å². The Hall–Kier alpha value is -1.33. The molecule has 0 aliphatic carbocycles. The van der Waals surface area contributed by atoms with Gasteiger partial charge in [-0.2, -0.15) is 0 Å². The van der Waals surface area contributed by atoms with E-state index in [0.29, 0.717) is 18.0 Å². The maximum Gasteiger partial charge on any atom is 0.255 e. The van der Waals surface area contributed by atoms with Crippen LogP contribution in [0.5, 0.6) is 0 Å². The van der Waals surface area contributed by atoms with Crippen LogP contribution in [0.4, 0.5) is 0 Å². The number of hydrogen-bond donors (Lipinski definition) is 0. The Labute approximate surface area is 151 Å². The molecular weight excluding hydrogens is 314 g/mol. The molecular formula is C20H33N3O2. The standard InChI is InChI=1S/C20H33N3O2/c1-6-17-12-22(13-19(17)21-7-9-25-10-8-21)20(24)18-11-15(4)23(14(2)3)16(18)5/h11,14,17,19H,6-10,12-13H2,1-5H3/t17-,19-/m0/s1. The zero-order chi connectivity index (χ0) is 18.1. The lowest BCUT2D eigenvalue weighted by atomic mass is 9.99. The van der Waals surface area contributed by atoms with Gasteiger partial charge in [-0.05, 0) is 39.7 Å². The molecule has 2 aliphatic rings. The molecule has 1 aromatic heterocycles. The van der Waals surface area contributed by atoms with E-state index in [-0.39, 0.29) is 5.91 Å². The average Bonchev–Trinajstić information content (AvgIpc) is 3.16. The van der Waals surface area contributed by atoms with Crippen molar-refractivity contribution in [3.8, 4) is 0 Å². The van der Waals surface area contributed by atoms with Crippen molar-refractivity contribution in [2.45, 2.75) is 53.1 Å². The van der Waals surface area contributed by atoms with Gasteiger partial charge in [0.15, 0.2) is 0 Å². The van der Waals surface area contributed by atoms with Crippen molar-refractivity contribution >= 4 is 5.91 Å². The third kappa shape index (κ3) is 3.49. The largest absolute Gasteiger partial charge is 0.379 e. The fourth-order valence-corrected chi connectivity index (χ4v) is 4.70. The Morgan fingerprint density at radius 1 is 1.24 bits per heavy atom. The summed E-state index contributed by atoms with van der Waals surface area (Å²) in [7, 11) is 0. The number of likely N-dealkylation sites (tertiary alicyclic amines) is 1. The molecule has 2 atom stereocenters. The molecule has 2 saturated heterocycles. The van der Waals surface area contributed by atoms with Crippen molar-refractivity contribution < 1.29 is 9.53 Å². The highest BCUT2D eigenvalue weighted by Gasteiger charge is 2.38. The van der Waals surface area contributed by atoms with E-state index in [1.54, 1.807) is 0 Å². The average molecular weight is 348 g/mol. The molecule has 0 aromatic carbocycles. The maximum atomic E-state index is 13.2. The zero-order valence-corrected chi connectivity index (χ0v) is 16.4. The molecule has 3 heterocycles. The van der Waals surface area contributed by atoms with Gasteiger partial charge in [-0.1, -0.05) is 13.3 Å². The Balaban J connectivity index is 1.78. The quantitative estimate of drug-likeness (QED) is 0.840. The van der Waals surface area contributed by atoms with E-state index in [1.807, 2.05) is 0 Å². The number of morpholine rings is 1. The summed E-state index contributed by atoms with van der Waals surface area (Å²) < 4.78 is 7.76. The van der Waals surface area contributed by atoms with Crippen LogP contribution >= 0.6 is 0 Å². The van der Waals surface area contributed by atoms with Crippen LogP contribution in [0.1, 0.15) is 55.0 Å². The Morgan fingerprint density at radius 2 is 1.92 bits per heavy atom. The van der Waals surface area contributed by atoms with Crippen LogP contribution in [0.2, 0.25) is 0 Å². The van der Waals surface area contributed by atoms with Crippen molar-refractivity contribution in [1.29, 1.82) is 0 Å². The molecule has 0 bridgehead atoms. The third-order valence-corrected chi connectivity index (χ3v) is 5.96. The van der Waals surface area contributed by atoms with E-state index in [0.717, 1.165) is 57.1 Å². The van der Waals surface area contributed by atoms with Crippen molar-refractivity contribution in [3.05, 3.63) is 23.0 Å². The van der Waals surface area contributed by atoms with Gasteiger partial charge in [0.2, 0.25) is 0 Å². The summed E-state index contributed by atoms with van der Waals surface area (Å²) in [6.45, 7) is 16.1. The number of carbonyl (C=O) groups excluding carboxylic acids is 1. The number of ether oxygens (including phenoxy) is 1. The predicted molar refractivity (Wildman–Crippen MR) is 100 cm³/mol. The first-order valence-corrected chi connectivity index (χ1v) is 9.73. The van der Waals surface area contributed by atoms with Gasteiger partial charge in [0.05, 0.1) is 18.8 Å². The third-order valence-electron chi connectivity index (χ3n) is 5.96. The zero-order valence-electron chi connectivity index (χ0n) is 16.4. The minimum atomic E-state index is 0.203. The van der Waals surface area contributed by atoms with Gasteiger partial charge in [-0.25, -0.2) is 0 Å². The van der Waals surface area contributed by atoms with Crippen LogP contribution in [0, 0.1) is 19.8 Å². The molecule has 5 nitrogen and oxygen atoms in total. The monoisotopic (exact) mass is 347 g/mol. The first-order valence-electron chi connectivity index (χ1n) is 9.73. The van der Waals surface area contributed by atoms with Gasteiger partial charge in [0, 0.05) is 49.7 Å². The normalized spacial score (nSPS) is 25.1. The molecule has 140 valence electrons. The highest BCUT2D eigenvalue weighted by atomic mass is 16.5. The minimum absolute atomic E-state index is 0.203. The summed E-state index contributed by atoms with van der Waals surface area (Å²) in [5, 5.41) is 0.